The summed E-state index contributed by atoms with van der Waals surface area (Å²) in [7, 11) is 0. The van der Waals surface area contributed by atoms with E-state index in [1.807, 2.05) is 0 Å². The quantitative estimate of drug-likeness (QED) is 0.850. The van der Waals surface area contributed by atoms with Crippen LogP contribution in [0.2, 0.25) is 0 Å². The van der Waals surface area contributed by atoms with Crippen LogP contribution in [0.3, 0.4) is 0 Å². The van der Waals surface area contributed by atoms with Crippen molar-refractivity contribution in [2.45, 2.75) is 13.1 Å². The van der Waals surface area contributed by atoms with Crippen LogP contribution >= 0.6 is 11.3 Å². The largest absolute Gasteiger partial charge is 0.477 e. The lowest BCUT2D eigenvalue weighted by Crippen LogP contribution is -2.12. The number of nitrogens with zero attached hydrogens (tertiary/aromatic N) is 1. The van der Waals surface area contributed by atoms with Gasteiger partial charge in [-0.05, 0) is 6.92 Å². The third kappa shape index (κ3) is 2.93. The molecule has 0 aliphatic heterocycles. The van der Waals surface area contributed by atoms with Crippen LogP contribution in [-0.2, 0) is 10.9 Å². The number of thiazole rings is 1. The lowest BCUT2D eigenvalue weighted by Gasteiger charge is -2.02. The van der Waals surface area contributed by atoms with E-state index in [9.17, 15) is 22.8 Å². The fraction of sp³-hybridized carbons (Fsp3) is 0.375. The van der Waals surface area contributed by atoms with Crippen LogP contribution in [0.5, 0.6) is 0 Å². The first kappa shape index (κ1) is 13.4. The van der Waals surface area contributed by atoms with Gasteiger partial charge in [0.2, 0.25) is 5.01 Å². The summed E-state index contributed by atoms with van der Waals surface area (Å²) in [6, 6.07) is 0. The predicted octanol–water partition coefficient (Wildman–Crippen LogP) is 2.04. The predicted molar refractivity (Wildman–Crippen MR) is 50.0 cm³/mol. The third-order valence-electron chi connectivity index (χ3n) is 1.54. The molecule has 1 rings (SSSR count). The Hall–Kier alpha value is -1.64. The molecule has 1 N–H and O–H groups in total. The van der Waals surface area contributed by atoms with Crippen LogP contribution in [-0.4, -0.2) is 28.6 Å². The van der Waals surface area contributed by atoms with E-state index < -0.39 is 33.7 Å². The topological polar surface area (TPSA) is 76.5 Å². The fourth-order valence-electron chi connectivity index (χ4n) is 0.937. The standard InChI is InChI=1S/C8H6F3NO4S/c1-2-16-7(15)5-12-4(8(9,10)11)3(17-5)6(13)14/h2H2,1H3,(H,13,14). The number of aromatic nitrogens is 1. The van der Waals surface area contributed by atoms with Crippen LogP contribution < -0.4 is 0 Å². The third-order valence-corrected chi connectivity index (χ3v) is 2.56. The molecule has 0 unspecified atom stereocenters. The van der Waals surface area contributed by atoms with Gasteiger partial charge in [0.15, 0.2) is 5.69 Å². The summed E-state index contributed by atoms with van der Waals surface area (Å²) >= 11 is 0.137. The number of rotatable bonds is 3. The molecule has 0 spiro atoms. The van der Waals surface area contributed by atoms with Crippen molar-refractivity contribution in [3.63, 3.8) is 0 Å². The van der Waals surface area contributed by atoms with Gasteiger partial charge in [0, 0.05) is 0 Å². The van der Waals surface area contributed by atoms with Crippen molar-refractivity contribution < 1.29 is 32.6 Å². The molecular formula is C8H6F3NO4S. The van der Waals surface area contributed by atoms with E-state index in [4.69, 9.17) is 5.11 Å². The summed E-state index contributed by atoms with van der Waals surface area (Å²) in [5.41, 5.74) is -1.59. The van der Waals surface area contributed by atoms with E-state index >= 15 is 0 Å². The number of aromatic carboxylic acids is 1. The first-order chi connectivity index (χ1) is 7.77. The molecule has 1 aromatic rings. The first-order valence-corrected chi connectivity index (χ1v) is 5.07. The second-order valence-corrected chi connectivity index (χ2v) is 3.72. The van der Waals surface area contributed by atoms with E-state index in [2.05, 4.69) is 9.72 Å². The van der Waals surface area contributed by atoms with Gasteiger partial charge in [-0.1, -0.05) is 11.3 Å². The minimum Gasteiger partial charge on any atom is -0.477 e. The van der Waals surface area contributed by atoms with Gasteiger partial charge in [-0.3, -0.25) is 0 Å². The lowest BCUT2D eigenvalue weighted by molar-refractivity contribution is -0.141. The Morgan fingerprint density at radius 2 is 2.06 bits per heavy atom. The molecule has 0 aliphatic carbocycles. The van der Waals surface area contributed by atoms with Crippen molar-refractivity contribution in [2.24, 2.45) is 0 Å². The van der Waals surface area contributed by atoms with Gasteiger partial charge >= 0.3 is 18.1 Å². The Morgan fingerprint density at radius 3 is 2.41 bits per heavy atom. The zero-order valence-electron chi connectivity index (χ0n) is 8.37. The van der Waals surface area contributed by atoms with E-state index in [1.54, 1.807) is 0 Å². The molecule has 94 valence electrons. The Kier molecular flexibility index (Phi) is 3.71. The molecule has 0 saturated heterocycles. The van der Waals surface area contributed by atoms with Crippen molar-refractivity contribution in [1.82, 2.24) is 4.98 Å². The average molecular weight is 269 g/mol. The van der Waals surface area contributed by atoms with Crippen molar-refractivity contribution in [3.05, 3.63) is 15.6 Å². The van der Waals surface area contributed by atoms with E-state index in [0.29, 0.717) is 0 Å². The van der Waals surface area contributed by atoms with Crippen LogP contribution in [0.15, 0.2) is 0 Å². The van der Waals surface area contributed by atoms with Crippen molar-refractivity contribution >= 4 is 23.3 Å². The number of carbonyl (C=O) groups is 2. The summed E-state index contributed by atoms with van der Waals surface area (Å²) in [5, 5.41) is 7.94. The van der Waals surface area contributed by atoms with Crippen LogP contribution in [0.25, 0.3) is 0 Å². The summed E-state index contributed by atoms with van der Waals surface area (Å²) in [6.07, 6.45) is -4.92. The Labute approximate surface area is 96.8 Å². The van der Waals surface area contributed by atoms with E-state index in [1.165, 1.54) is 6.92 Å². The molecular weight excluding hydrogens is 263 g/mol. The molecule has 17 heavy (non-hydrogen) atoms. The van der Waals surface area contributed by atoms with Gasteiger partial charge in [-0.25, -0.2) is 14.6 Å². The van der Waals surface area contributed by atoms with Crippen LogP contribution in [0.4, 0.5) is 13.2 Å². The molecule has 0 atom stereocenters. The van der Waals surface area contributed by atoms with E-state index in [0.717, 1.165) is 0 Å². The molecule has 0 fully saturated rings. The zero-order chi connectivity index (χ0) is 13.2. The molecule has 0 saturated carbocycles. The van der Waals surface area contributed by atoms with Gasteiger partial charge in [-0.2, -0.15) is 13.2 Å². The molecule has 0 bridgehead atoms. The molecule has 0 amide bonds. The Bertz CT molecular complexity index is 454. The molecule has 1 aromatic heterocycles. The molecule has 0 radical (unpaired) electrons. The number of hydrogen-bond acceptors (Lipinski definition) is 5. The maximum absolute atomic E-state index is 12.4. The highest BCUT2D eigenvalue weighted by Gasteiger charge is 2.40. The maximum atomic E-state index is 12.4. The Morgan fingerprint density at radius 1 is 1.47 bits per heavy atom. The highest BCUT2D eigenvalue weighted by atomic mass is 32.1. The molecule has 1 heterocycles. The van der Waals surface area contributed by atoms with Gasteiger partial charge in [0.05, 0.1) is 6.61 Å². The maximum Gasteiger partial charge on any atom is 0.435 e. The molecule has 5 nitrogen and oxygen atoms in total. The van der Waals surface area contributed by atoms with E-state index in [-0.39, 0.29) is 17.9 Å². The molecule has 9 heteroatoms. The molecule has 0 aliphatic rings. The number of hydrogen-bond donors (Lipinski definition) is 1. The van der Waals surface area contributed by atoms with Crippen molar-refractivity contribution in [3.8, 4) is 0 Å². The number of ether oxygens (including phenoxy) is 1. The number of carboxylic acids is 1. The minimum atomic E-state index is -4.92. The highest BCUT2D eigenvalue weighted by molar-refractivity contribution is 7.15. The summed E-state index contributed by atoms with van der Waals surface area (Å²) in [4.78, 5) is 23.6. The summed E-state index contributed by atoms with van der Waals surface area (Å²) in [6.45, 7) is 1.43. The SMILES string of the molecule is CCOC(=O)c1nc(C(F)(F)F)c(C(=O)O)s1. The monoisotopic (exact) mass is 269 g/mol. The van der Waals surface area contributed by atoms with Crippen LogP contribution in [0, 0.1) is 0 Å². The summed E-state index contributed by atoms with van der Waals surface area (Å²) in [5.74, 6) is -2.86. The second kappa shape index (κ2) is 4.70. The zero-order valence-corrected chi connectivity index (χ0v) is 9.18. The van der Waals surface area contributed by atoms with Crippen molar-refractivity contribution in [1.29, 1.82) is 0 Å². The smallest absolute Gasteiger partial charge is 0.435 e. The van der Waals surface area contributed by atoms with Crippen LogP contribution in [0.1, 0.15) is 32.1 Å². The van der Waals surface area contributed by atoms with Gasteiger partial charge in [0.1, 0.15) is 4.88 Å². The normalized spacial score (nSPS) is 11.3. The average Bonchev–Trinajstić information content (AvgIpc) is 2.61. The first-order valence-electron chi connectivity index (χ1n) is 4.25. The summed E-state index contributed by atoms with van der Waals surface area (Å²) < 4.78 is 41.6. The minimum absolute atomic E-state index is 0.0395. The van der Waals surface area contributed by atoms with Crippen molar-refractivity contribution in [2.75, 3.05) is 6.61 Å². The van der Waals surface area contributed by atoms with Gasteiger partial charge < -0.3 is 9.84 Å². The fourth-order valence-corrected chi connectivity index (χ4v) is 1.76. The number of halogens is 3. The Balaban J connectivity index is 3.22. The number of esters is 1. The lowest BCUT2D eigenvalue weighted by atomic mass is 10.3. The number of carboxylic acid groups (broad SMARTS) is 1. The van der Waals surface area contributed by atoms with Gasteiger partial charge in [-0.15, -0.1) is 0 Å². The number of carbonyl (C=O) groups excluding carboxylic acids is 1. The van der Waals surface area contributed by atoms with Gasteiger partial charge in [0.25, 0.3) is 0 Å². The highest BCUT2D eigenvalue weighted by Crippen LogP contribution is 2.34. The molecule has 0 aromatic carbocycles. The number of alkyl halides is 3. The second-order valence-electron chi connectivity index (χ2n) is 2.72.